The summed E-state index contributed by atoms with van der Waals surface area (Å²) in [5, 5.41) is 3.07. The van der Waals surface area contributed by atoms with Crippen LogP contribution in [0.4, 0.5) is 10.5 Å². The molecule has 0 aliphatic carbocycles. The van der Waals surface area contributed by atoms with Crippen molar-refractivity contribution < 1.29 is 23.9 Å². The molecule has 0 radical (unpaired) electrons. The summed E-state index contributed by atoms with van der Waals surface area (Å²) in [7, 11) is 0. The van der Waals surface area contributed by atoms with E-state index in [0.717, 1.165) is 16.9 Å². The summed E-state index contributed by atoms with van der Waals surface area (Å²) in [5.74, 6) is -0.528. The second kappa shape index (κ2) is 11.8. The number of carbonyl (C=O) groups excluding carboxylic acids is 3. The molecule has 7 nitrogen and oxygen atoms in total. The van der Waals surface area contributed by atoms with Crippen molar-refractivity contribution in [1.29, 1.82) is 0 Å². The highest BCUT2D eigenvalue weighted by molar-refractivity contribution is 9.10. The van der Waals surface area contributed by atoms with Gasteiger partial charge in [0.1, 0.15) is 23.7 Å². The van der Waals surface area contributed by atoms with Gasteiger partial charge in [-0.2, -0.15) is 0 Å². The molecule has 4 amide bonds. The standard InChI is InChI=1S/C27H21BrCl2N2O5/c1-2-11-36-20-7-5-19(6-8-20)32-26(34)21(25(33)31-27(32)35)14-17-13-18(28)4-10-24(17)37-15-16-3-9-22(29)23(30)12-16/h3-10,12-14H,2,11,15H2,1H3,(H,31,33,35)/b21-14-. The van der Waals surface area contributed by atoms with Crippen LogP contribution in [0.5, 0.6) is 11.5 Å². The minimum Gasteiger partial charge on any atom is -0.494 e. The van der Waals surface area contributed by atoms with Gasteiger partial charge in [-0.1, -0.05) is 52.1 Å². The predicted octanol–water partition coefficient (Wildman–Crippen LogP) is 6.79. The van der Waals surface area contributed by atoms with Crippen LogP contribution in [-0.4, -0.2) is 24.5 Å². The van der Waals surface area contributed by atoms with E-state index < -0.39 is 17.8 Å². The van der Waals surface area contributed by atoms with Crippen molar-refractivity contribution in [3.8, 4) is 11.5 Å². The number of urea groups is 1. The van der Waals surface area contributed by atoms with Crippen LogP contribution in [0.15, 0.2) is 70.7 Å². The van der Waals surface area contributed by atoms with Gasteiger partial charge in [0.2, 0.25) is 0 Å². The fourth-order valence-corrected chi connectivity index (χ4v) is 4.21. The molecule has 3 aromatic carbocycles. The van der Waals surface area contributed by atoms with Crippen LogP contribution in [-0.2, 0) is 16.2 Å². The van der Waals surface area contributed by atoms with Crippen molar-refractivity contribution in [2.75, 3.05) is 11.5 Å². The lowest BCUT2D eigenvalue weighted by atomic mass is 10.1. The molecule has 0 bridgehead atoms. The normalized spacial score (nSPS) is 14.6. The lowest BCUT2D eigenvalue weighted by Crippen LogP contribution is -2.54. The molecule has 0 spiro atoms. The van der Waals surface area contributed by atoms with Crippen LogP contribution in [0, 0.1) is 0 Å². The number of hydrogen-bond donors (Lipinski definition) is 1. The van der Waals surface area contributed by atoms with Gasteiger partial charge < -0.3 is 9.47 Å². The molecule has 0 saturated carbocycles. The van der Waals surface area contributed by atoms with Gasteiger partial charge in [-0.15, -0.1) is 0 Å². The molecule has 3 aromatic rings. The van der Waals surface area contributed by atoms with Gasteiger partial charge in [0, 0.05) is 10.0 Å². The number of barbiturate groups is 1. The van der Waals surface area contributed by atoms with Crippen molar-refractivity contribution >= 4 is 68.7 Å². The largest absolute Gasteiger partial charge is 0.494 e. The highest BCUT2D eigenvalue weighted by atomic mass is 79.9. The fraction of sp³-hybridized carbons (Fsp3) is 0.148. The average molecular weight is 604 g/mol. The van der Waals surface area contributed by atoms with Gasteiger partial charge in [-0.05, 0) is 72.7 Å². The summed E-state index contributed by atoms with van der Waals surface area (Å²) in [6, 6.07) is 16.0. The molecule has 0 aromatic heterocycles. The van der Waals surface area contributed by atoms with Crippen LogP contribution < -0.4 is 19.7 Å². The van der Waals surface area contributed by atoms with Gasteiger partial charge in [0.25, 0.3) is 11.8 Å². The van der Waals surface area contributed by atoms with E-state index in [1.165, 1.54) is 6.08 Å². The van der Waals surface area contributed by atoms with Crippen molar-refractivity contribution in [3.05, 3.63) is 91.9 Å². The Morgan fingerprint density at radius 3 is 2.41 bits per heavy atom. The Balaban J connectivity index is 1.62. The monoisotopic (exact) mass is 602 g/mol. The topological polar surface area (TPSA) is 84.9 Å². The zero-order valence-corrected chi connectivity index (χ0v) is 22.7. The average Bonchev–Trinajstić information content (AvgIpc) is 2.87. The maximum atomic E-state index is 13.3. The number of halogens is 3. The third-order valence-corrected chi connectivity index (χ3v) is 6.55. The first-order chi connectivity index (χ1) is 17.8. The molecule has 1 saturated heterocycles. The minimum absolute atomic E-state index is 0.173. The van der Waals surface area contributed by atoms with Gasteiger partial charge in [-0.3, -0.25) is 14.9 Å². The Hall–Kier alpha value is -3.33. The number of anilines is 1. The third-order valence-electron chi connectivity index (χ3n) is 5.32. The maximum absolute atomic E-state index is 13.3. The van der Waals surface area contributed by atoms with Crippen LogP contribution in [0.1, 0.15) is 24.5 Å². The molecule has 190 valence electrons. The Morgan fingerprint density at radius 2 is 1.70 bits per heavy atom. The molecular weight excluding hydrogens is 583 g/mol. The number of amides is 4. The van der Waals surface area contributed by atoms with Crippen LogP contribution in [0.25, 0.3) is 6.08 Å². The van der Waals surface area contributed by atoms with Crippen molar-refractivity contribution in [2.45, 2.75) is 20.0 Å². The molecule has 1 fully saturated rings. The molecular formula is C27H21BrCl2N2O5. The number of ether oxygens (including phenoxy) is 2. The second-order valence-corrected chi connectivity index (χ2v) is 9.75. The summed E-state index contributed by atoms with van der Waals surface area (Å²) in [5.41, 5.74) is 1.33. The summed E-state index contributed by atoms with van der Waals surface area (Å²) in [6.45, 7) is 2.71. The maximum Gasteiger partial charge on any atom is 0.335 e. The summed E-state index contributed by atoms with van der Waals surface area (Å²) in [6.07, 6.45) is 2.24. The SMILES string of the molecule is CCCOc1ccc(N2C(=O)NC(=O)/C(=C/c3cc(Br)ccc3OCc3ccc(Cl)c(Cl)c3)C2=O)cc1. The van der Waals surface area contributed by atoms with E-state index in [9.17, 15) is 14.4 Å². The van der Waals surface area contributed by atoms with E-state index in [-0.39, 0.29) is 12.2 Å². The summed E-state index contributed by atoms with van der Waals surface area (Å²) >= 11 is 15.5. The first-order valence-corrected chi connectivity index (χ1v) is 12.8. The van der Waals surface area contributed by atoms with Gasteiger partial charge in [-0.25, -0.2) is 9.69 Å². The lowest BCUT2D eigenvalue weighted by molar-refractivity contribution is -0.122. The Bertz CT molecular complexity index is 1390. The summed E-state index contributed by atoms with van der Waals surface area (Å²) < 4.78 is 12.2. The number of imide groups is 2. The molecule has 1 heterocycles. The van der Waals surface area contributed by atoms with Gasteiger partial charge in [0.05, 0.1) is 22.3 Å². The highest BCUT2D eigenvalue weighted by Gasteiger charge is 2.37. The Kier molecular flexibility index (Phi) is 8.53. The predicted molar refractivity (Wildman–Crippen MR) is 146 cm³/mol. The molecule has 4 rings (SSSR count). The number of benzene rings is 3. The molecule has 10 heteroatoms. The molecule has 37 heavy (non-hydrogen) atoms. The fourth-order valence-electron chi connectivity index (χ4n) is 3.51. The second-order valence-electron chi connectivity index (χ2n) is 8.02. The number of nitrogens with zero attached hydrogens (tertiary/aromatic N) is 1. The number of nitrogens with one attached hydrogen (secondary N) is 1. The molecule has 1 N–H and O–H groups in total. The zero-order chi connectivity index (χ0) is 26.5. The molecule has 1 aliphatic rings. The van der Waals surface area contributed by atoms with E-state index >= 15 is 0 Å². The number of hydrogen-bond acceptors (Lipinski definition) is 5. The van der Waals surface area contributed by atoms with E-state index in [1.54, 1.807) is 60.7 Å². The Labute approximate surface area is 232 Å². The van der Waals surface area contributed by atoms with E-state index in [0.29, 0.717) is 43.9 Å². The highest BCUT2D eigenvalue weighted by Crippen LogP contribution is 2.30. The first-order valence-electron chi connectivity index (χ1n) is 11.3. The van der Waals surface area contributed by atoms with Crippen molar-refractivity contribution in [3.63, 3.8) is 0 Å². The number of carbonyl (C=O) groups is 3. The van der Waals surface area contributed by atoms with E-state index in [1.807, 2.05) is 6.92 Å². The van der Waals surface area contributed by atoms with Crippen LogP contribution >= 0.6 is 39.1 Å². The summed E-state index contributed by atoms with van der Waals surface area (Å²) in [4.78, 5) is 39.5. The zero-order valence-electron chi connectivity index (χ0n) is 19.6. The van der Waals surface area contributed by atoms with Gasteiger partial charge >= 0.3 is 6.03 Å². The van der Waals surface area contributed by atoms with E-state index in [4.69, 9.17) is 32.7 Å². The minimum atomic E-state index is -0.834. The van der Waals surface area contributed by atoms with Crippen molar-refractivity contribution in [2.24, 2.45) is 0 Å². The lowest BCUT2D eigenvalue weighted by Gasteiger charge is -2.26. The molecule has 1 aliphatic heterocycles. The van der Waals surface area contributed by atoms with E-state index in [2.05, 4.69) is 21.2 Å². The third kappa shape index (κ3) is 6.33. The molecule has 0 atom stereocenters. The molecule has 0 unspecified atom stereocenters. The van der Waals surface area contributed by atoms with Crippen LogP contribution in [0.2, 0.25) is 10.0 Å². The number of rotatable bonds is 8. The quantitative estimate of drug-likeness (QED) is 0.226. The van der Waals surface area contributed by atoms with Crippen molar-refractivity contribution in [1.82, 2.24) is 5.32 Å². The van der Waals surface area contributed by atoms with Crippen LogP contribution in [0.3, 0.4) is 0 Å². The smallest absolute Gasteiger partial charge is 0.335 e. The Morgan fingerprint density at radius 1 is 0.946 bits per heavy atom. The van der Waals surface area contributed by atoms with Gasteiger partial charge in [0.15, 0.2) is 0 Å². The first kappa shape index (κ1) is 26.7.